The van der Waals surface area contributed by atoms with Gasteiger partial charge in [-0.1, -0.05) is 13.8 Å². The summed E-state index contributed by atoms with van der Waals surface area (Å²) in [6, 6.07) is 2.09. The highest BCUT2D eigenvalue weighted by Crippen LogP contribution is 2.26. The van der Waals surface area contributed by atoms with Crippen LogP contribution in [-0.2, 0) is 5.75 Å². The number of hydrogen-bond acceptors (Lipinski definition) is 6. The fourth-order valence-corrected chi connectivity index (χ4v) is 3.79. The Balaban J connectivity index is 1.95. The second-order valence-corrected chi connectivity index (χ2v) is 6.74. The maximum absolute atomic E-state index is 4.67. The van der Waals surface area contributed by atoms with Crippen LogP contribution in [0.15, 0.2) is 11.4 Å². The molecule has 2 aromatic rings. The van der Waals surface area contributed by atoms with Crippen molar-refractivity contribution < 1.29 is 0 Å². The van der Waals surface area contributed by atoms with Crippen molar-refractivity contribution in [3.63, 3.8) is 0 Å². The number of rotatable bonds is 9. The molecule has 0 aliphatic carbocycles. The molecule has 0 amide bonds. The van der Waals surface area contributed by atoms with Gasteiger partial charge in [0.1, 0.15) is 16.5 Å². The first-order chi connectivity index (χ1) is 10.3. The molecule has 0 aliphatic rings. The molecule has 0 fully saturated rings. The van der Waals surface area contributed by atoms with E-state index in [0.717, 1.165) is 59.5 Å². The van der Waals surface area contributed by atoms with Gasteiger partial charge in [0.05, 0.1) is 11.1 Å². The SMILES string of the molecule is CCNc1nc(CSCCN(CC)CC)nc2sccc12. The van der Waals surface area contributed by atoms with Crippen LogP contribution in [0.25, 0.3) is 10.2 Å². The Hall–Kier alpha value is -0.850. The van der Waals surface area contributed by atoms with Gasteiger partial charge in [-0.3, -0.25) is 0 Å². The van der Waals surface area contributed by atoms with Crippen LogP contribution < -0.4 is 5.32 Å². The Kier molecular flexibility index (Phi) is 6.73. The van der Waals surface area contributed by atoms with Gasteiger partial charge in [-0.25, -0.2) is 9.97 Å². The van der Waals surface area contributed by atoms with Crippen molar-refractivity contribution in [2.45, 2.75) is 26.5 Å². The number of nitrogens with one attached hydrogen (secondary N) is 1. The average Bonchev–Trinajstić information content (AvgIpc) is 2.96. The summed E-state index contributed by atoms with van der Waals surface area (Å²) in [5.74, 6) is 3.92. The molecule has 0 saturated carbocycles. The first-order valence-corrected chi connectivity index (χ1v) is 9.60. The molecule has 0 bridgehead atoms. The second-order valence-electron chi connectivity index (χ2n) is 4.74. The third-order valence-electron chi connectivity index (χ3n) is 3.39. The molecule has 2 heterocycles. The highest BCUT2D eigenvalue weighted by atomic mass is 32.2. The van der Waals surface area contributed by atoms with Crippen LogP contribution in [0.3, 0.4) is 0 Å². The zero-order chi connectivity index (χ0) is 15.1. The third kappa shape index (κ3) is 4.56. The summed E-state index contributed by atoms with van der Waals surface area (Å²) in [5, 5.41) is 6.56. The second kappa shape index (κ2) is 8.56. The van der Waals surface area contributed by atoms with Gasteiger partial charge in [0.2, 0.25) is 0 Å². The molecule has 1 N–H and O–H groups in total. The summed E-state index contributed by atoms with van der Waals surface area (Å²) in [7, 11) is 0. The van der Waals surface area contributed by atoms with E-state index in [1.807, 2.05) is 11.8 Å². The van der Waals surface area contributed by atoms with Crippen molar-refractivity contribution in [3.05, 3.63) is 17.3 Å². The van der Waals surface area contributed by atoms with Crippen LogP contribution in [0.2, 0.25) is 0 Å². The van der Waals surface area contributed by atoms with Crippen molar-refractivity contribution in [2.75, 3.05) is 37.2 Å². The minimum absolute atomic E-state index is 0.882. The molecular weight excluding hydrogens is 300 g/mol. The van der Waals surface area contributed by atoms with Crippen LogP contribution in [0, 0.1) is 0 Å². The fourth-order valence-electron chi connectivity index (χ4n) is 2.16. The molecule has 2 aromatic heterocycles. The number of thiophene rings is 1. The van der Waals surface area contributed by atoms with E-state index in [4.69, 9.17) is 0 Å². The van der Waals surface area contributed by atoms with Gasteiger partial charge >= 0.3 is 0 Å². The molecule has 4 nitrogen and oxygen atoms in total. The number of hydrogen-bond donors (Lipinski definition) is 1. The molecule has 21 heavy (non-hydrogen) atoms. The van der Waals surface area contributed by atoms with E-state index < -0.39 is 0 Å². The van der Waals surface area contributed by atoms with Gasteiger partial charge in [0.25, 0.3) is 0 Å². The highest BCUT2D eigenvalue weighted by Gasteiger charge is 2.08. The van der Waals surface area contributed by atoms with Gasteiger partial charge in [-0.05, 0) is 31.5 Å². The average molecular weight is 325 g/mol. The molecular formula is C15H24N4S2. The summed E-state index contributed by atoms with van der Waals surface area (Å²) in [4.78, 5) is 12.9. The molecule has 0 unspecified atom stereocenters. The van der Waals surface area contributed by atoms with Crippen LogP contribution in [0.4, 0.5) is 5.82 Å². The largest absolute Gasteiger partial charge is 0.370 e. The number of aromatic nitrogens is 2. The topological polar surface area (TPSA) is 41.1 Å². The minimum Gasteiger partial charge on any atom is -0.370 e. The number of fused-ring (bicyclic) bond motifs is 1. The number of thioether (sulfide) groups is 1. The Morgan fingerprint density at radius 3 is 2.76 bits per heavy atom. The number of nitrogens with zero attached hydrogens (tertiary/aromatic N) is 3. The molecule has 116 valence electrons. The van der Waals surface area contributed by atoms with Gasteiger partial charge in [0.15, 0.2) is 0 Å². The highest BCUT2D eigenvalue weighted by molar-refractivity contribution is 7.98. The lowest BCUT2D eigenvalue weighted by molar-refractivity contribution is 0.324. The molecule has 0 radical (unpaired) electrons. The summed E-state index contributed by atoms with van der Waals surface area (Å²) in [6.07, 6.45) is 0. The summed E-state index contributed by atoms with van der Waals surface area (Å²) in [6.45, 7) is 10.8. The molecule has 2 rings (SSSR count). The van der Waals surface area contributed by atoms with E-state index in [1.54, 1.807) is 11.3 Å². The Labute approximate surface area is 135 Å². The summed E-state index contributed by atoms with van der Waals surface area (Å²) < 4.78 is 0. The van der Waals surface area contributed by atoms with Gasteiger partial charge in [0, 0.05) is 18.8 Å². The number of anilines is 1. The normalized spacial score (nSPS) is 11.4. The lowest BCUT2D eigenvalue weighted by Crippen LogP contribution is -2.25. The molecule has 0 aliphatic heterocycles. The molecule has 0 aromatic carbocycles. The zero-order valence-corrected chi connectivity index (χ0v) is 14.7. The molecule has 0 saturated heterocycles. The molecule has 6 heteroatoms. The standard InChI is InChI=1S/C15H24N4S2/c1-4-16-14-12-7-9-21-15(12)18-13(17-14)11-20-10-8-19(5-2)6-3/h7,9H,4-6,8,10-11H2,1-3H3,(H,16,17,18). The summed E-state index contributed by atoms with van der Waals surface area (Å²) in [5.41, 5.74) is 0. The van der Waals surface area contributed by atoms with Crippen molar-refractivity contribution in [3.8, 4) is 0 Å². The van der Waals surface area contributed by atoms with E-state index in [-0.39, 0.29) is 0 Å². The quantitative estimate of drug-likeness (QED) is 0.712. The van der Waals surface area contributed by atoms with E-state index in [0.29, 0.717) is 0 Å². The molecule has 0 atom stereocenters. The predicted octanol–water partition coefficient (Wildman–Crippen LogP) is 3.70. The Bertz CT molecular complexity index is 552. The smallest absolute Gasteiger partial charge is 0.142 e. The van der Waals surface area contributed by atoms with Gasteiger partial charge < -0.3 is 10.2 Å². The molecule has 0 spiro atoms. The first kappa shape index (κ1) is 16.5. The lowest BCUT2D eigenvalue weighted by atomic mass is 10.3. The van der Waals surface area contributed by atoms with Crippen LogP contribution in [0.1, 0.15) is 26.6 Å². The van der Waals surface area contributed by atoms with E-state index in [1.165, 1.54) is 0 Å². The van der Waals surface area contributed by atoms with Crippen molar-refractivity contribution >= 4 is 39.1 Å². The lowest BCUT2D eigenvalue weighted by Gasteiger charge is -2.17. The first-order valence-electron chi connectivity index (χ1n) is 7.56. The van der Waals surface area contributed by atoms with E-state index in [2.05, 4.69) is 52.4 Å². The fraction of sp³-hybridized carbons (Fsp3) is 0.600. The van der Waals surface area contributed by atoms with Crippen LogP contribution in [0.5, 0.6) is 0 Å². The Morgan fingerprint density at radius 2 is 2.05 bits per heavy atom. The van der Waals surface area contributed by atoms with Crippen molar-refractivity contribution in [1.29, 1.82) is 0 Å². The predicted molar refractivity (Wildman–Crippen MR) is 95.5 cm³/mol. The monoisotopic (exact) mass is 324 g/mol. The van der Waals surface area contributed by atoms with E-state index >= 15 is 0 Å². The van der Waals surface area contributed by atoms with Crippen molar-refractivity contribution in [1.82, 2.24) is 14.9 Å². The maximum Gasteiger partial charge on any atom is 0.142 e. The van der Waals surface area contributed by atoms with Crippen molar-refractivity contribution in [2.24, 2.45) is 0 Å². The van der Waals surface area contributed by atoms with E-state index in [9.17, 15) is 0 Å². The minimum atomic E-state index is 0.882. The maximum atomic E-state index is 4.67. The Morgan fingerprint density at radius 1 is 1.24 bits per heavy atom. The van der Waals surface area contributed by atoms with Crippen LogP contribution in [-0.4, -0.2) is 46.8 Å². The zero-order valence-electron chi connectivity index (χ0n) is 13.1. The summed E-state index contributed by atoms with van der Waals surface area (Å²) >= 11 is 3.60. The third-order valence-corrected chi connectivity index (χ3v) is 5.13. The van der Waals surface area contributed by atoms with Gasteiger partial charge in [-0.15, -0.1) is 11.3 Å². The van der Waals surface area contributed by atoms with Crippen LogP contribution >= 0.6 is 23.1 Å². The van der Waals surface area contributed by atoms with Gasteiger partial charge in [-0.2, -0.15) is 11.8 Å².